The number of carbonyl (C=O) groups is 2. The molecule has 6 nitrogen and oxygen atoms in total. The Morgan fingerprint density at radius 3 is 2.53 bits per heavy atom. The molecule has 0 spiro atoms. The van der Waals surface area contributed by atoms with Crippen LogP contribution in [0, 0.1) is 6.92 Å². The Balaban J connectivity index is 2.36. The Kier molecular flexibility index (Phi) is 5.51. The van der Waals surface area contributed by atoms with Gasteiger partial charge in [0.1, 0.15) is 11.4 Å². The van der Waals surface area contributed by atoms with Crippen LogP contribution < -0.4 is 10.1 Å². The summed E-state index contributed by atoms with van der Waals surface area (Å²) in [5.41, 5.74) is -1.04. The normalized spacial score (nSPS) is 18.3. The zero-order valence-corrected chi connectivity index (χ0v) is 17.7. The van der Waals surface area contributed by atoms with E-state index in [1.165, 1.54) is 29.8 Å². The molecule has 1 aromatic carbocycles. The van der Waals surface area contributed by atoms with Crippen LogP contribution in [0.4, 0.5) is 18.0 Å². The maximum absolute atomic E-state index is 13.6. The Hall–Kier alpha value is -2.71. The van der Waals surface area contributed by atoms with E-state index >= 15 is 0 Å². The van der Waals surface area contributed by atoms with Crippen molar-refractivity contribution in [2.24, 2.45) is 0 Å². The predicted molar refractivity (Wildman–Crippen MR) is 106 cm³/mol. The zero-order valence-electron chi connectivity index (χ0n) is 17.7. The zero-order chi connectivity index (χ0) is 22.4. The smallest absolute Gasteiger partial charge is 0.416 e. The first-order chi connectivity index (χ1) is 13.9. The molecular formula is C21H26F3N3O3. The molecular weight excluding hydrogens is 399 g/mol. The Morgan fingerprint density at radius 1 is 1.33 bits per heavy atom. The van der Waals surface area contributed by atoms with Crippen molar-refractivity contribution in [2.75, 3.05) is 20.1 Å². The fourth-order valence-electron chi connectivity index (χ4n) is 4.18. The van der Waals surface area contributed by atoms with Crippen molar-refractivity contribution in [3.63, 3.8) is 0 Å². The summed E-state index contributed by atoms with van der Waals surface area (Å²) in [6, 6.07) is 1.85. The molecule has 0 aliphatic carbocycles. The molecule has 3 amide bonds. The molecule has 1 fully saturated rings. The monoisotopic (exact) mass is 425 g/mol. The lowest BCUT2D eigenvalue weighted by molar-refractivity contribution is -0.138. The summed E-state index contributed by atoms with van der Waals surface area (Å²) in [7, 11) is 1.53. The first-order valence-corrected chi connectivity index (χ1v) is 9.87. The third-order valence-corrected chi connectivity index (χ3v) is 5.44. The van der Waals surface area contributed by atoms with Gasteiger partial charge in [-0.1, -0.05) is 0 Å². The Labute approximate surface area is 173 Å². The molecule has 9 heteroatoms. The van der Waals surface area contributed by atoms with Gasteiger partial charge in [-0.05, 0) is 51.8 Å². The van der Waals surface area contributed by atoms with Crippen LogP contribution in [0.15, 0.2) is 17.8 Å². The van der Waals surface area contributed by atoms with E-state index in [1.54, 1.807) is 20.8 Å². The van der Waals surface area contributed by atoms with Gasteiger partial charge >= 0.3 is 12.2 Å². The van der Waals surface area contributed by atoms with E-state index < -0.39 is 23.4 Å². The van der Waals surface area contributed by atoms with Crippen molar-refractivity contribution in [3.05, 3.63) is 34.5 Å². The minimum atomic E-state index is -4.56. The van der Waals surface area contributed by atoms with Crippen molar-refractivity contribution < 1.29 is 27.5 Å². The van der Waals surface area contributed by atoms with E-state index in [4.69, 9.17) is 4.74 Å². The highest BCUT2D eigenvalue weighted by atomic mass is 19.4. The second-order valence-corrected chi connectivity index (χ2v) is 7.96. The molecule has 0 bridgehead atoms. The fourth-order valence-corrected chi connectivity index (χ4v) is 4.18. The van der Waals surface area contributed by atoms with E-state index in [2.05, 4.69) is 5.32 Å². The largest absolute Gasteiger partial charge is 0.481 e. The van der Waals surface area contributed by atoms with Crippen LogP contribution in [0.5, 0.6) is 5.75 Å². The quantitative estimate of drug-likeness (QED) is 0.792. The Bertz CT molecular complexity index is 922. The van der Waals surface area contributed by atoms with Crippen LogP contribution >= 0.6 is 0 Å². The molecule has 0 atom stereocenters. The highest BCUT2D eigenvalue weighted by Crippen LogP contribution is 2.48. The number of benzene rings is 1. The Morgan fingerprint density at radius 2 is 2.00 bits per heavy atom. The molecule has 2 aliphatic rings. The molecule has 0 radical (unpaired) electrons. The van der Waals surface area contributed by atoms with Crippen LogP contribution in [0.3, 0.4) is 0 Å². The third-order valence-electron chi connectivity index (χ3n) is 5.44. The highest BCUT2D eigenvalue weighted by Gasteiger charge is 2.45. The summed E-state index contributed by atoms with van der Waals surface area (Å²) in [4.78, 5) is 28.1. The van der Waals surface area contributed by atoms with Crippen LogP contribution in [-0.4, -0.2) is 47.5 Å². The maximum atomic E-state index is 13.6. The van der Waals surface area contributed by atoms with E-state index in [1.807, 2.05) is 0 Å². The van der Waals surface area contributed by atoms with Crippen molar-refractivity contribution in [1.82, 2.24) is 15.1 Å². The number of nitrogens with one attached hydrogen (secondary N) is 1. The number of nitrogens with zero attached hydrogens (tertiary/aromatic N) is 2. The van der Waals surface area contributed by atoms with Crippen LogP contribution in [0.2, 0.25) is 0 Å². The number of rotatable bonds is 3. The van der Waals surface area contributed by atoms with Crippen LogP contribution in [0.1, 0.15) is 50.3 Å². The minimum Gasteiger partial charge on any atom is -0.481 e. The molecule has 0 unspecified atom stereocenters. The summed E-state index contributed by atoms with van der Waals surface area (Å²) in [6.45, 7) is 7.34. The number of ether oxygens (including phenoxy) is 1. The summed E-state index contributed by atoms with van der Waals surface area (Å²) in [5.74, 6) is 0.0699. The number of likely N-dealkylation sites (N-methyl/N-ethyl adjacent to an activating group) is 1. The van der Waals surface area contributed by atoms with Gasteiger partial charge in [0.15, 0.2) is 0 Å². The number of hydrogen-bond donors (Lipinski definition) is 1. The number of alkyl halides is 3. The molecule has 1 N–H and O–H groups in total. The molecule has 1 saturated heterocycles. The van der Waals surface area contributed by atoms with Crippen LogP contribution in [-0.2, 0) is 11.0 Å². The third kappa shape index (κ3) is 3.61. The summed E-state index contributed by atoms with van der Waals surface area (Å²) in [6.07, 6.45) is -3.66. The average molecular weight is 425 g/mol. The van der Waals surface area contributed by atoms with Gasteiger partial charge in [0.05, 0.1) is 17.0 Å². The molecule has 2 aliphatic heterocycles. The lowest BCUT2D eigenvalue weighted by Crippen LogP contribution is -2.49. The lowest BCUT2D eigenvalue weighted by Gasteiger charge is -2.43. The fraction of sp³-hybridized carbons (Fsp3) is 0.524. The number of carbonyl (C=O) groups excluding carboxylic acids is 2. The molecule has 30 heavy (non-hydrogen) atoms. The highest BCUT2D eigenvalue weighted by molar-refractivity contribution is 5.93. The number of fused-ring (bicyclic) bond motifs is 1. The molecule has 0 saturated carbocycles. The minimum absolute atomic E-state index is 0.0352. The first kappa shape index (κ1) is 22.0. The van der Waals surface area contributed by atoms with Gasteiger partial charge in [0.2, 0.25) is 5.91 Å². The topological polar surface area (TPSA) is 61.9 Å². The van der Waals surface area contributed by atoms with Gasteiger partial charge in [0.25, 0.3) is 0 Å². The molecule has 2 heterocycles. The van der Waals surface area contributed by atoms with E-state index in [0.29, 0.717) is 37.3 Å². The van der Waals surface area contributed by atoms with Gasteiger partial charge in [0, 0.05) is 32.1 Å². The summed E-state index contributed by atoms with van der Waals surface area (Å²) in [5, 5.41) is 2.69. The SMILES string of the molecule is CCNC(=O)N(C)C1=C(N2CCCC2=O)c2c(ccc(C(F)(F)F)c2C)OC1(C)C. The van der Waals surface area contributed by atoms with Crippen molar-refractivity contribution in [2.45, 2.75) is 52.3 Å². The predicted octanol–water partition coefficient (Wildman–Crippen LogP) is 4.14. The molecule has 0 aromatic heterocycles. The number of hydrogen-bond acceptors (Lipinski definition) is 3. The second-order valence-electron chi connectivity index (χ2n) is 7.96. The van der Waals surface area contributed by atoms with E-state index in [9.17, 15) is 22.8 Å². The van der Waals surface area contributed by atoms with Gasteiger partial charge in [-0.15, -0.1) is 0 Å². The standard InChI is InChI=1S/C21H26F3N3O3/c1-6-25-19(29)26(5)18-17(27-11-7-8-15(27)28)16-12(2)13(21(22,23)24)9-10-14(16)30-20(18,3)4/h9-10H,6-8,11H2,1-5H3,(H,25,29). The first-order valence-electron chi connectivity index (χ1n) is 9.87. The van der Waals surface area contributed by atoms with Crippen molar-refractivity contribution in [1.29, 1.82) is 0 Å². The maximum Gasteiger partial charge on any atom is 0.416 e. The summed E-state index contributed by atoms with van der Waals surface area (Å²) >= 11 is 0. The average Bonchev–Trinajstić information content (AvgIpc) is 3.04. The lowest BCUT2D eigenvalue weighted by atomic mass is 9.89. The van der Waals surface area contributed by atoms with E-state index in [0.717, 1.165) is 6.07 Å². The van der Waals surface area contributed by atoms with Gasteiger partial charge < -0.3 is 15.0 Å². The number of urea groups is 1. The molecule has 1 aromatic rings. The molecule has 164 valence electrons. The summed E-state index contributed by atoms with van der Waals surface area (Å²) < 4.78 is 46.9. The number of amides is 3. The van der Waals surface area contributed by atoms with Gasteiger partial charge in [-0.2, -0.15) is 13.2 Å². The van der Waals surface area contributed by atoms with Crippen molar-refractivity contribution in [3.8, 4) is 5.75 Å². The molecule has 3 rings (SSSR count). The number of likely N-dealkylation sites (tertiary alicyclic amines) is 1. The van der Waals surface area contributed by atoms with Crippen molar-refractivity contribution >= 4 is 17.6 Å². The number of halogens is 3. The van der Waals surface area contributed by atoms with Gasteiger partial charge in [-0.3, -0.25) is 9.69 Å². The van der Waals surface area contributed by atoms with Crippen LogP contribution in [0.25, 0.3) is 5.70 Å². The van der Waals surface area contributed by atoms with Gasteiger partial charge in [-0.25, -0.2) is 4.79 Å². The second kappa shape index (κ2) is 7.52. The van der Waals surface area contributed by atoms with E-state index in [-0.39, 0.29) is 22.8 Å².